The normalized spacial score (nSPS) is 25.4. The van der Waals surface area contributed by atoms with Gasteiger partial charge in [-0.2, -0.15) is 0 Å². The molecule has 2 heterocycles. The van der Waals surface area contributed by atoms with Gasteiger partial charge in [0.05, 0.1) is 18.2 Å². The van der Waals surface area contributed by atoms with E-state index in [4.69, 9.17) is 4.74 Å². The van der Waals surface area contributed by atoms with E-state index in [0.29, 0.717) is 13.2 Å². The minimum Gasteiger partial charge on any atom is -0.389 e. The summed E-state index contributed by atoms with van der Waals surface area (Å²) in [5.74, 6) is 0. The van der Waals surface area contributed by atoms with Crippen molar-refractivity contribution in [3.05, 3.63) is 68.6 Å². The van der Waals surface area contributed by atoms with E-state index in [9.17, 15) is 5.11 Å². The Morgan fingerprint density at radius 1 is 0.969 bits per heavy atom. The Hall–Kier alpha value is -0.760. The fraction of sp³-hybridized carbons (Fsp3) is 0.538. The van der Waals surface area contributed by atoms with Crippen molar-refractivity contribution in [3.8, 4) is 0 Å². The summed E-state index contributed by atoms with van der Waals surface area (Å²) in [7, 11) is 0. The molecule has 4 nitrogen and oxygen atoms in total. The monoisotopic (exact) mass is 564 g/mol. The topological polar surface area (TPSA) is 35.9 Å². The summed E-state index contributed by atoms with van der Waals surface area (Å²) in [5.41, 5.74) is 2.24. The molecule has 2 aromatic rings. The van der Waals surface area contributed by atoms with Crippen molar-refractivity contribution in [2.24, 2.45) is 0 Å². The van der Waals surface area contributed by atoms with Crippen molar-refractivity contribution in [3.63, 3.8) is 0 Å². The zero-order chi connectivity index (χ0) is 22.6. The van der Waals surface area contributed by atoms with E-state index >= 15 is 0 Å². The molecule has 3 unspecified atom stereocenters. The summed E-state index contributed by atoms with van der Waals surface area (Å²) in [6.45, 7) is 7.07. The van der Waals surface area contributed by atoms with Crippen LogP contribution >= 0.6 is 31.9 Å². The highest BCUT2D eigenvalue weighted by Crippen LogP contribution is 2.39. The van der Waals surface area contributed by atoms with Crippen molar-refractivity contribution in [2.45, 2.75) is 63.4 Å². The second-order valence-electron chi connectivity index (χ2n) is 9.14. The van der Waals surface area contributed by atoms with Gasteiger partial charge in [-0.05, 0) is 81.1 Å². The standard InChI is InChI=1S/C26H34Br2N2O2/c1-2-32-19-26(14-4-16-30(26)18-21-8-12-23(28)13-9-21)25(31)24-5-3-15-29(24)17-20-6-10-22(27)11-7-20/h6-13,24-25,31H,2-5,14-19H2,1H3. The van der Waals surface area contributed by atoms with Crippen LogP contribution < -0.4 is 0 Å². The summed E-state index contributed by atoms with van der Waals surface area (Å²) in [4.78, 5) is 4.98. The second kappa shape index (κ2) is 11.1. The highest BCUT2D eigenvalue weighted by Gasteiger charge is 2.51. The molecule has 6 heteroatoms. The molecule has 0 bridgehead atoms. The minimum absolute atomic E-state index is 0.157. The number of nitrogens with zero attached hydrogens (tertiary/aromatic N) is 2. The molecule has 2 aromatic carbocycles. The first kappa shape index (κ1) is 24.4. The van der Waals surface area contributed by atoms with Crippen LogP contribution in [0.1, 0.15) is 43.7 Å². The quantitative estimate of drug-likeness (QED) is 0.429. The van der Waals surface area contributed by atoms with Gasteiger partial charge < -0.3 is 9.84 Å². The van der Waals surface area contributed by atoms with Gasteiger partial charge in [-0.15, -0.1) is 0 Å². The van der Waals surface area contributed by atoms with Gasteiger partial charge in [0.15, 0.2) is 0 Å². The number of halogens is 2. The summed E-state index contributed by atoms with van der Waals surface area (Å²) in [6.07, 6.45) is 3.81. The number of likely N-dealkylation sites (tertiary alicyclic amines) is 2. The molecule has 2 aliphatic rings. The maximum Gasteiger partial charge on any atom is 0.0901 e. The predicted molar refractivity (Wildman–Crippen MR) is 137 cm³/mol. The molecule has 4 rings (SSSR count). The Kier molecular flexibility index (Phi) is 8.46. The third-order valence-electron chi connectivity index (χ3n) is 7.14. The van der Waals surface area contributed by atoms with Crippen LogP contribution in [0.25, 0.3) is 0 Å². The van der Waals surface area contributed by atoms with E-state index in [1.807, 2.05) is 6.92 Å². The molecule has 0 saturated carbocycles. The highest BCUT2D eigenvalue weighted by molar-refractivity contribution is 9.10. The van der Waals surface area contributed by atoms with E-state index in [2.05, 4.69) is 90.2 Å². The van der Waals surface area contributed by atoms with Crippen molar-refractivity contribution in [1.82, 2.24) is 9.80 Å². The first-order valence-electron chi connectivity index (χ1n) is 11.8. The molecule has 2 aliphatic heterocycles. The lowest BCUT2D eigenvalue weighted by Gasteiger charge is -2.46. The maximum absolute atomic E-state index is 11.9. The van der Waals surface area contributed by atoms with Gasteiger partial charge in [0, 0.05) is 34.7 Å². The Morgan fingerprint density at radius 2 is 1.59 bits per heavy atom. The van der Waals surface area contributed by atoms with Crippen LogP contribution in [0.4, 0.5) is 0 Å². The van der Waals surface area contributed by atoms with Crippen LogP contribution in [0.15, 0.2) is 57.5 Å². The van der Waals surface area contributed by atoms with Crippen LogP contribution in [0.2, 0.25) is 0 Å². The van der Waals surface area contributed by atoms with E-state index in [-0.39, 0.29) is 11.6 Å². The predicted octanol–water partition coefficient (Wildman–Crippen LogP) is 5.61. The third kappa shape index (κ3) is 5.48. The Labute approximate surface area is 209 Å². The molecule has 2 saturated heterocycles. The van der Waals surface area contributed by atoms with Gasteiger partial charge in [0.25, 0.3) is 0 Å². The van der Waals surface area contributed by atoms with Gasteiger partial charge in [-0.3, -0.25) is 9.80 Å². The molecule has 174 valence electrons. The van der Waals surface area contributed by atoms with Gasteiger partial charge in [0.1, 0.15) is 0 Å². The van der Waals surface area contributed by atoms with Gasteiger partial charge in [-0.25, -0.2) is 0 Å². The van der Waals surface area contributed by atoms with Gasteiger partial charge in [-0.1, -0.05) is 56.1 Å². The summed E-state index contributed by atoms with van der Waals surface area (Å²) >= 11 is 7.07. The number of ether oxygens (including phenoxy) is 1. The van der Waals surface area contributed by atoms with Gasteiger partial charge in [0.2, 0.25) is 0 Å². The fourth-order valence-electron chi connectivity index (χ4n) is 5.45. The van der Waals surface area contributed by atoms with Gasteiger partial charge >= 0.3 is 0 Å². The Morgan fingerprint density at radius 3 is 2.22 bits per heavy atom. The van der Waals surface area contributed by atoms with E-state index in [1.165, 1.54) is 11.1 Å². The zero-order valence-electron chi connectivity index (χ0n) is 18.9. The molecular weight excluding hydrogens is 532 g/mol. The lowest BCUT2D eigenvalue weighted by atomic mass is 9.84. The molecule has 0 amide bonds. The lowest BCUT2D eigenvalue weighted by molar-refractivity contribution is -0.0924. The number of rotatable bonds is 9. The number of benzene rings is 2. The largest absolute Gasteiger partial charge is 0.389 e. The summed E-state index contributed by atoms with van der Waals surface area (Å²) in [6, 6.07) is 17.3. The average molecular weight is 566 g/mol. The molecule has 0 spiro atoms. The number of aliphatic hydroxyl groups is 1. The molecule has 0 radical (unpaired) electrons. The molecule has 0 aliphatic carbocycles. The average Bonchev–Trinajstić information content (AvgIpc) is 3.42. The number of hydrogen-bond donors (Lipinski definition) is 1. The number of aliphatic hydroxyl groups excluding tert-OH is 1. The van der Waals surface area contributed by atoms with Crippen LogP contribution in [0.3, 0.4) is 0 Å². The summed E-state index contributed by atoms with van der Waals surface area (Å²) < 4.78 is 8.22. The van der Waals surface area contributed by atoms with Crippen LogP contribution in [-0.4, -0.2) is 58.9 Å². The fourth-order valence-corrected chi connectivity index (χ4v) is 5.98. The zero-order valence-corrected chi connectivity index (χ0v) is 22.0. The molecule has 1 N–H and O–H groups in total. The lowest BCUT2D eigenvalue weighted by Crippen LogP contribution is -2.61. The van der Waals surface area contributed by atoms with Crippen molar-refractivity contribution < 1.29 is 9.84 Å². The highest BCUT2D eigenvalue weighted by atomic mass is 79.9. The Balaban J connectivity index is 1.54. The first-order chi connectivity index (χ1) is 15.5. The second-order valence-corrected chi connectivity index (χ2v) is 11.0. The molecular formula is C26H34Br2N2O2. The maximum atomic E-state index is 11.9. The summed E-state index contributed by atoms with van der Waals surface area (Å²) in [5, 5.41) is 11.9. The van der Waals surface area contributed by atoms with E-state index in [1.54, 1.807) is 0 Å². The van der Waals surface area contributed by atoms with Crippen molar-refractivity contribution in [1.29, 1.82) is 0 Å². The number of hydrogen-bond acceptors (Lipinski definition) is 4. The molecule has 2 fully saturated rings. The Bertz CT molecular complexity index is 861. The third-order valence-corrected chi connectivity index (χ3v) is 8.20. The van der Waals surface area contributed by atoms with Crippen LogP contribution in [0, 0.1) is 0 Å². The minimum atomic E-state index is -0.440. The molecule has 32 heavy (non-hydrogen) atoms. The van der Waals surface area contributed by atoms with E-state index < -0.39 is 6.10 Å². The van der Waals surface area contributed by atoms with E-state index in [0.717, 1.165) is 60.8 Å². The first-order valence-corrected chi connectivity index (χ1v) is 13.3. The van der Waals surface area contributed by atoms with Crippen molar-refractivity contribution >= 4 is 31.9 Å². The smallest absolute Gasteiger partial charge is 0.0901 e. The van der Waals surface area contributed by atoms with Crippen LogP contribution in [0.5, 0.6) is 0 Å². The molecule has 3 atom stereocenters. The molecule has 0 aromatic heterocycles. The van der Waals surface area contributed by atoms with Crippen LogP contribution in [-0.2, 0) is 17.8 Å². The van der Waals surface area contributed by atoms with Crippen molar-refractivity contribution in [2.75, 3.05) is 26.3 Å². The SMILES string of the molecule is CCOCC1(C(O)C2CCCN2Cc2ccc(Br)cc2)CCCN1Cc1ccc(Br)cc1.